The quantitative estimate of drug-likeness (QED) is 0.0895. The Kier molecular flexibility index (Phi) is 13.5. The number of rotatable bonds is 10. The number of hydrogen-bond acceptors (Lipinski definition) is 11. The number of imidazole rings is 1. The number of carbonyl (C=O) groups is 5. The summed E-state index contributed by atoms with van der Waals surface area (Å²) in [6, 6.07) is 12.2. The minimum Gasteiger partial charge on any atom is -0.508 e. The van der Waals surface area contributed by atoms with Crippen LogP contribution in [0.2, 0.25) is 0 Å². The first kappa shape index (κ1) is 47.9. The normalized spacial score (nSPS) is 19.9. The van der Waals surface area contributed by atoms with E-state index in [1.165, 1.54) is 27.7 Å². The highest BCUT2D eigenvalue weighted by Crippen LogP contribution is 2.42. The summed E-state index contributed by atoms with van der Waals surface area (Å²) in [6.45, 7) is 15.8. The van der Waals surface area contributed by atoms with Gasteiger partial charge in [-0.05, 0) is 96.7 Å². The van der Waals surface area contributed by atoms with E-state index in [0.29, 0.717) is 43.7 Å². The molecule has 2 aromatic carbocycles. The molecule has 360 valence electrons. The SMILES string of the molecule is CCn1c(-c2cccnc2C(C)C)c2c3cc(ccc31)-c1cc(O)cc(c1)C[C@H](NC(=O)[C@H](C(C)C)N(C)C(=O)c1ncc(NC(=O)[C@@H]3CN3)n1C)C(=O)N1CCC[C@H](N1)C(=O)OCC(C)(C)C2. The van der Waals surface area contributed by atoms with E-state index in [4.69, 9.17) is 9.72 Å². The fourth-order valence-corrected chi connectivity index (χ4v) is 9.74. The molecule has 2 fully saturated rings. The molecule has 6 bridgehead atoms. The summed E-state index contributed by atoms with van der Waals surface area (Å²) < 4.78 is 9.91. The van der Waals surface area contributed by atoms with Crippen LogP contribution >= 0.6 is 0 Å². The number of phenolic OH excluding ortho intramolecular Hbond substituents is 1. The zero-order valence-electron chi connectivity index (χ0n) is 40.5. The Balaban J connectivity index is 1.18. The van der Waals surface area contributed by atoms with Gasteiger partial charge in [0.05, 0.1) is 30.2 Å². The molecular weight excluding hydrogens is 865 g/mol. The van der Waals surface area contributed by atoms with Crippen molar-refractivity contribution in [2.45, 2.75) is 111 Å². The number of carbonyl (C=O) groups excluding carboxylic acids is 5. The molecule has 0 saturated carbocycles. The predicted octanol–water partition coefficient (Wildman–Crippen LogP) is 5.31. The van der Waals surface area contributed by atoms with Gasteiger partial charge in [0, 0.05) is 68.2 Å². The third-order valence-corrected chi connectivity index (χ3v) is 13.3. The molecule has 3 aromatic heterocycles. The second kappa shape index (κ2) is 19.2. The maximum Gasteiger partial charge on any atom is 0.324 e. The van der Waals surface area contributed by atoms with Gasteiger partial charge < -0.3 is 39.8 Å². The summed E-state index contributed by atoms with van der Waals surface area (Å²) in [5.74, 6) is -2.31. The maximum atomic E-state index is 14.8. The van der Waals surface area contributed by atoms with Crippen LogP contribution in [0.5, 0.6) is 5.75 Å². The number of benzene rings is 2. The maximum absolute atomic E-state index is 14.8. The summed E-state index contributed by atoms with van der Waals surface area (Å²) in [4.78, 5) is 80.3. The van der Waals surface area contributed by atoms with Gasteiger partial charge in [-0.2, -0.15) is 0 Å². The minimum atomic E-state index is -1.20. The lowest BCUT2D eigenvalue weighted by molar-refractivity contribution is -0.155. The van der Waals surface area contributed by atoms with Crippen LogP contribution < -0.4 is 21.4 Å². The van der Waals surface area contributed by atoms with Gasteiger partial charge in [-0.15, -0.1) is 0 Å². The minimum absolute atomic E-state index is 0.00795. The highest BCUT2D eigenvalue weighted by atomic mass is 16.5. The predicted molar refractivity (Wildman–Crippen MR) is 258 cm³/mol. The molecule has 5 N–H and O–H groups in total. The van der Waals surface area contributed by atoms with Gasteiger partial charge in [0.25, 0.3) is 11.8 Å². The Bertz CT molecular complexity index is 2770. The third kappa shape index (κ3) is 9.72. The molecule has 17 nitrogen and oxygen atoms in total. The summed E-state index contributed by atoms with van der Waals surface area (Å²) in [7, 11) is 3.11. The highest BCUT2D eigenvalue weighted by Gasteiger charge is 2.39. The first-order valence-electron chi connectivity index (χ1n) is 23.7. The molecule has 0 aliphatic carbocycles. The standard InChI is InChI=1S/C51H64N10O7/c1-10-60-40-16-15-31-23-35(40)36(44(60)34-13-11-17-52-42(34)28(2)3)24-51(6,7)27-68-50(67)37-14-12-18-61(57-37)48(65)38(21-30-19-32(31)22-33(62)20-30)55-47(64)43(29(4)5)59(9)49(66)45-54-26-41(58(45)8)56-46(63)39-25-53-39/h11,13,15-17,19-20,22-23,26,28-29,37-39,43,53,57,62H,10,12,14,18,21,24-25,27H2,1-9H3,(H,55,64)(H,56,63)/t37-,38-,39-,43-/m0/s1. The van der Waals surface area contributed by atoms with Crippen molar-refractivity contribution in [2.75, 3.05) is 32.1 Å². The first-order valence-corrected chi connectivity index (χ1v) is 23.7. The monoisotopic (exact) mass is 928 g/mol. The van der Waals surface area contributed by atoms with Crippen LogP contribution in [0.3, 0.4) is 0 Å². The molecule has 8 rings (SSSR count). The second-order valence-corrected chi connectivity index (χ2v) is 19.9. The van der Waals surface area contributed by atoms with Gasteiger partial charge >= 0.3 is 5.97 Å². The number of aryl methyl sites for hydroxylation is 1. The van der Waals surface area contributed by atoms with E-state index < -0.39 is 53.1 Å². The first-order chi connectivity index (χ1) is 32.3. The lowest BCUT2D eigenvalue weighted by Crippen LogP contribution is -2.62. The van der Waals surface area contributed by atoms with Crippen LogP contribution in [0.15, 0.2) is 60.9 Å². The molecule has 5 aromatic rings. The number of nitrogens with zero attached hydrogens (tertiary/aromatic N) is 6. The van der Waals surface area contributed by atoms with Crippen molar-refractivity contribution in [3.05, 3.63) is 83.6 Å². The molecule has 17 heteroatoms. The largest absolute Gasteiger partial charge is 0.508 e. The Morgan fingerprint density at radius 1 is 1.04 bits per heavy atom. The molecule has 3 aliphatic heterocycles. The number of hydrogen-bond donors (Lipinski definition) is 5. The summed E-state index contributed by atoms with van der Waals surface area (Å²) in [6.07, 6.45) is 4.70. The van der Waals surface area contributed by atoms with E-state index >= 15 is 0 Å². The van der Waals surface area contributed by atoms with Crippen molar-refractivity contribution < 1.29 is 33.8 Å². The molecule has 0 unspecified atom stereocenters. The van der Waals surface area contributed by atoms with Crippen LogP contribution in [-0.2, 0) is 50.3 Å². The number of ether oxygens (including phenoxy) is 1. The lowest BCUT2D eigenvalue weighted by atomic mass is 9.83. The zero-order valence-corrected chi connectivity index (χ0v) is 40.5. The van der Waals surface area contributed by atoms with Crippen LogP contribution in [0.1, 0.15) is 94.7 Å². The van der Waals surface area contributed by atoms with E-state index in [9.17, 15) is 29.1 Å². The number of aromatic hydroxyl groups is 1. The van der Waals surface area contributed by atoms with E-state index in [1.807, 2.05) is 24.4 Å². The number of hydrazine groups is 1. The fraction of sp³-hybridized carbons (Fsp3) is 0.471. The summed E-state index contributed by atoms with van der Waals surface area (Å²) in [5.41, 5.74) is 9.96. The van der Waals surface area contributed by atoms with Gasteiger partial charge in [-0.25, -0.2) is 10.4 Å². The Morgan fingerprint density at radius 3 is 2.51 bits per heavy atom. The van der Waals surface area contributed by atoms with Gasteiger partial charge in [0.15, 0.2) is 0 Å². The van der Waals surface area contributed by atoms with Crippen molar-refractivity contribution in [3.63, 3.8) is 0 Å². The van der Waals surface area contributed by atoms with Crippen molar-refractivity contribution >= 4 is 46.3 Å². The van der Waals surface area contributed by atoms with Crippen molar-refractivity contribution in [2.24, 2.45) is 18.4 Å². The van der Waals surface area contributed by atoms with Gasteiger partial charge in [-0.3, -0.25) is 34.0 Å². The number of aromatic nitrogens is 4. The summed E-state index contributed by atoms with van der Waals surface area (Å²) >= 11 is 0. The number of fused-ring (bicyclic) bond motifs is 6. The van der Waals surface area contributed by atoms with Gasteiger partial charge in [-0.1, -0.05) is 53.7 Å². The number of esters is 1. The van der Waals surface area contributed by atoms with Crippen LogP contribution in [0.4, 0.5) is 5.82 Å². The van der Waals surface area contributed by atoms with Crippen LogP contribution in [-0.4, -0.2) is 115 Å². The topological polar surface area (TPSA) is 215 Å². The molecule has 68 heavy (non-hydrogen) atoms. The third-order valence-electron chi connectivity index (χ3n) is 13.3. The number of anilines is 1. The molecule has 3 aliphatic rings. The number of nitrogens with one attached hydrogen (secondary N) is 4. The second-order valence-electron chi connectivity index (χ2n) is 19.9. The van der Waals surface area contributed by atoms with E-state index in [2.05, 4.69) is 83.7 Å². The van der Waals surface area contributed by atoms with Crippen LogP contribution in [0, 0.1) is 11.3 Å². The van der Waals surface area contributed by atoms with Crippen molar-refractivity contribution in [1.82, 2.24) is 45.1 Å². The van der Waals surface area contributed by atoms with E-state index in [1.54, 1.807) is 33.0 Å². The number of phenols is 1. The van der Waals surface area contributed by atoms with Crippen molar-refractivity contribution in [3.8, 4) is 28.1 Å². The number of cyclic esters (lactones) is 1. The van der Waals surface area contributed by atoms with E-state index in [0.717, 1.165) is 44.5 Å². The smallest absolute Gasteiger partial charge is 0.324 e. The molecule has 6 heterocycles. The Labute approximate surface area is 397 Å². The number of amides is 4. The average Bonchev–Trinajstić information content (AvgIpc) is 4.04. The fourth-order valence-electron chi connectivity index (χ4n) is 9.74. The van der Waals surface area contributed by atoms with E-state index in [-0.39, 0.29) is 49.0 Å². The molecule has 4 atom stereocenters. The molecule has 0 spiro atoms. The summed E-state index contributed by atoms with van der Waals surface area (Å²) in [5, 5.41) is 22.4. The average molecular weight is 929 g/mol. The van der Waals surface area contributed by atoms with Crippen molar-refractivity contribution in [1.29, 1.82) is 0 Å². The zero-order chi connectivity index (χ0) is 48.8. The molecule has 4 amide bonds. The highest BCUT2D eigenvalue weighted by molar-refractivity contribution is 5.99. The van der Waals surface area contributed by atoms with Gasteiger partial charge in [0.1, 0.15) is 29.7 Å². The number of likely N-dealkylation sites (N-methyl/N-ethyl adjacent to an activating group) is 1. The number of pyridine rings is 1. The Morgan fingerprint density at radius 2 is 1.81 bits per heavy atom. The Hall–Kier alpha value is -6.59. The van der Waals surface area contributed by atoms with Gasteiger partial charge in [0.2, 0.25) is 17.6 Å². The molecule has 2 saturated heterocycles. The molecular formula is C51H64N10O7. The molecule has 0 radical (unpaired) electrons. The van der Waals surface area contributed by atoms with Crippen LogP contribution in [0.25, 0.3) is 33.3 Å². The lowest BCUT2D eigenvalue weighted by Gasteiger charge is -2.36.